The van der Waals surface area contributed by atoms with Crippen LogP contribution in [0, 0.1) is 0 Å². The maximum absolute atomic E-state index is 12.5. The van der Waals surface area contributed by atoms with Gasteiger partial charge in [-0.25, -0.2) is 13.4 Å². The Bertz CT molecular complexity index is 491. The van der Waals surface area contributed by atoms with Gasteiger partial charge in [0, 0.05) is 25.6 Å². The Kier molecular flexibility index (Phi) is 4.04. The molecule has 1 saturated heterocycles. The molecule has 0 bridgehead atoms. The predicted molar refractivity (Wildman–Crippen MR) is 68.8 cm³/mol. The normalized spacial score (nSPS) is 20.7. The van der Waals surface area contributed by atoms with Crippen molar-refractivity contribution in [2.75, 3.05) is 19.6 Å². The molecule has 6 nitrogen and oxygen atoms in total. The SMILES string of the molecule is CCc1ncc(S(=O)(=O)N(CC)C2CCNC2)[nH]1. The third kappa shape index (κ3) is 2.43. The van der Waals surface area contributed by atoms with Crippen LogP contribution in [0.1, 0.15) is 26.1 Å². The summed E-state index contributed by atoms with van der Waals surface area (Å²) in [5.41, 5.74) is 0. The molecule has 0 amide bonds. The van der Waals surface area contributed by atoms with Gasteiger partial charge in [0.05, 0.1) is 6.20 Å². The lowest BCUT2D eigenvalue weighted by Crippen LogP contribution is -2.41. The molecule has 0 saturated carbocycles. The van der Waals surface area contributed by atoms with Crippen LogP contribution in [-0.2, 0) is 16.4 Å². The quantitative estimate of drug-likeness (QED) is 0.810. The molecule has 2 N–H and O–H groups in total. The van der Waals surface area contributed by atoms with Gasteiger partial charge in [0.15, 0.2) is 5.03 Å². The zero-order valence-corrected chi connectivity index (χ0v) is 11.6. The van der Waals surface area contributed by atoms with E-state index in [4.69, 9.17) is 0 Å². The highest BCUT2D eigenvalue weighted by atomic mass is 32.2. The molecular formula is C11H20N4O2S. The molecule has 1 unspecified atom stereocenters. The molecule has 1 aromatic rings. The second-order valence-electron chi connectivity index (χ2n) is 4.40. The number of nitrogens with one attached hydrogen (secondary N) is 2. The number of nitrogens with zero attached hydrogens (tertiary/aromatic N) is 2. The highest BCUT2D eigenvalue weighted by Gasteiger charge is 2.33. The molecule has 2 rings (SSSR count). The van der Waals surface area contributed by atoms with Gasteiger partial charge in [0.2, 0.25) is 0 Å². The van der Waals surface area contributed by atoms with Gasteiger partial charge in [-0.15, -0.1) is 0 Å². The maximum atomic E-state index is 12.5. The number of aromatic amines is 1. The number of hydrogen-bond donors (Lipinski definition) is 2. The third-order valence-electron chi connectivity index (χ3n) is 3.28. The van der Waals surface area contributed by atoms with Crippen molar-refractivity contribution in [1.82, 2.24) is 19.6 Å². The minimum Gasteiger partial charge on any atom is -0.332 e. The molecule has 102 valence electrons. The minimum atomic E-state index is -3.45. The van der Waals surface area contributed by atoms with Crippen LogP contribution in [0.2, 0.25) is 0 Å². The average Bonchev–Trinajstić information content (AvgIpc) is 3.00. The van der Waals surface area contributed by atoms with E-state index in [1.54, 1.807) is 4.31 Å². The molecule has 0 spiro atoms. The number of hydrogen-bond acceptors (Lipinski definition) is 4. The molecule has 1 aliphatic rings. The molecule has 7 heteroatoms. The van der Waals surface area contributed by atoms with E-state index in [-0.39, 0.29) is 11.1 Å². The molecule has 18 heavy (non-hydrogen) atoms. The standard InChI is InChI=1S/C11H20N4O2S/c1-3-10-13-8-11(14-10)18(16,17)15(4-2)9-5-6-12-7-9/h8-9,12H,3-7H2,1-2H3,(H,13,14). The molecule has 1 fully saturated rings. The Balaban J connectivity index is 2.27. The molecule has 0 aromatic carbocycles. The average molecular weight is 272 g/mol. The molecule has 0 radical (unpaired) electrons. The Labute approximate surface area is 108 Å². The third-order valence-corrected chi connectivity index (χ3v) is 5.22. The Hall–Kier alpha value is -0.920. The largest absolute Gasteiger partial charge is 0.332 e. The van der Waals surface area contributed by atoms with Crippen molar-refractivity contribution in [3.8, 4) is 0 Å². The number of rotatable bonds is 5. The summed E-state index contributed by atoms with van der Waals surface area (Å²) in [5.74, 6) is 0.703. The fraction of sp³-hybridized carbons (Fsp3) is 0.727. The zero-order chi connectivity index (χ0) is 13.2. The smallest absolute Gasteiger partial charge is 0.260 e. The van der Waals surface area contributed by atoms with Crippen molar-refractivity contribution in [1.29, 1.82) is 0 Å². The first-order valence-corrected chi connectivity index (χ1v) is 7.80. The summed E-state index contributed by atoms with van der Waals surface area (Å²) < 4.78 is 26.6. The Morgan fingerprint density at radius 3 is 2.78 bits per heavy atom. The second kappa shape index (κ2) is 5.38. The summed E-state index contributed by atoms with van der Waals surface area (Å²) in [5, 5.41) is 3.40. The van der Waals surface area contributed by atoms with Crippen LogP contribution in [-0.4, -0.2) is 48.4 Å². The van der Waals surface area contributed by atoms with Crippen LogP contribution in [0.5, 0.6) is 0 Å². The molecule has 1 atom stereocenters. The lowest BCUT2D eigenvalue weighted by Gasteiger charge is -2.25. The fourth-order valence-electron chi connectivity index (χ4n) is 2.29. The summed E-state index contributed by atoms with van der Waals surface area (Å²) >= 11 is 0. The minimum absolute atomic E-state index is 0.0494. The van der Waals surface area contributed by atoms with Crippen LogP contribution in [0.25, 0.3) is 0 Å². The monoisotopic (exact) mass is 272 g/mol. The number of aromatic nitrogens is 2. The topological polar surface area (TPSA) is 78.1 Å². The van der Waals surface area contributed by atoms with Crippen molar-refractivity contribution in [3.05, 3.63) is 12.0 Å². The van der Waals surface area contributed by atoms with Crippen molar-refractivity contribution in [3.63, 3.8) is 0 Å². The summed E-state index contributed by atoms with van der Waals surface area (Å²) in [7, 11) is -3.45. The number of H-pyrrole nitrogens is 1. The molecule has 0 aliphatic carbocycles. The first kappa shape index (κ1) is 13.5. The lowest BCUT2D eigenvalue weighted by molar-refractivity contribution is 0.347. The highest BCUT2D eigenvalue weighted by molar-refractivity contribution is 7.89. The zero-order valence-electron chi connectivity index (χ0n) is 10.8. The van der Waals surface area contributed by atoms with Crippen molar-refractivity contribution in [2.24, 2.45) is 0 Å². The Morgan fingerprint density at radius 2 is 2.28 bits per heavy atom. The van der Waals surface area contributed by atoms with Gasteiger partial charge in [-0.05, 0) is 13.0 Å². The van der Waals surface area contributed by atoms with Crippen molar-refractivity contribution < 1.29 is 8.42 Å². The van der Waals surface area contributed by atoms with Gasteiger partial charge in [-0.1, -0.05) is 13.8 Å². The van der Waals surface area contributed by atoms with Gasteiger partial charge in [0.25, 0.3) is 10.0 Å². The van der Waals surface area contributed by atoms with Gasteiger partial charge in [-0.2, -0.15) is 4.31 Å². The van der Waals surface area contributed by atoms with E-state index >= 15 is 0 Å². The van der Waals surface area contributed by atoms with E-state index < -0.39 is 10.0 Å². The fourth-order valence-corrected chi connectivity index (χ4v) is 3.89. The molecule has 2 heterocycles. The van der Waals surface area contributed by atoms with Gasteiger partial charge < -0.3 is 10.3 Å². The van der Waals surface area contributed by atoms with E-state index in [1.807, 2.05) is 13.8 Å². The van der Waals surface area contributed by atoms with Crippen LogP contribution in [0.15, 0.2) is 11.2 Å². The number of sulfonamides is 1. The van der Waals surface area contributed by atoms with Gasteiger partial charge in [0.1, 0.15) is 5.82 Å². The molecule has 1 aliphatic heterocycles. The van der Waals surface area contributed by atoms with Crippen LogP contribution in [0.4, 0.5) is 0 Å². The van der Waals surface area contributed by atoms with E-state index in [0.29, 0.717) is 18.8 Å². The van der Waals surface area contributed by atoms with E-state index in [1.165, 1.54) is 6.20 Å². The number of likely N-dealkylation sites (N-methyl/N-ethyl adjacent to an activating group) is 1. The maximum Gasteiger partial charge on any atom is 0.260 e. The van der Waals surface area contributed by atoms with E-state index in [0.717, 1.165) is 19.5 Å². The van der Waals surface area contributed by atoms with Crippen molar-refractivity contribution >= 4 is 10.0 Å². The summed E-state index contributed by atoms with van der Waals surface area (Å²) in [4.78, 5) is 6.95. The first-order chi connectivity index (χ1) is 8.59. The summed E-state index contributed by atoms with van der Waals surface area (Å²) in [6, 6.07) is 0.0494. The van der Waals surface area contributed by atoms with Crippen molar-refractivity contribution in [2.45, 2.75) is 37.8 Å². The summed E-state index contributed by atoms with van der Waals surface area (Å²) in [6.45, 7) is 5.89. The summed E-state index contributed by atoms with van der Waals surface area (Å²) in [6.07, 6.45) is 2.98. The van der Waals surface area contributed by atoms with Crippen LogP contribution < -0.4 is 5.32 Å². The Morgan fingerprint density at radius 1 is 1.50 bits per heavy atom. The highest BCUT2D eigenvalue weighted by Crippen LogP contribution is 2.19. The second-order valence-corrected chi connectivity index (χ2v) is 6.26. The van der Waals surface area contributed by atoms with Crippen LogP contribution in [0.3, 0.4) is 0 Å². The van der Waals surface area contributed by atoms with Gasteiger partial charge in [-0.3, -0.25) is 0 Å². The van der Waals surface area contributed by atoms with Crippen LogP contribution >= 0.6 is 0 Å². The van der Waals surface area contributed by atoms with E-state index in [2.05, 4.69) is 15.3 Å². The van der Waals surface area contributed by atoms with E-state index in [9.17, 15) is 8.42 Å². The van der Waals surface area contributed by atoms with Gasteiger partial charge >= 0.3 is 0 Å². The molecule has 1 aromatic heterocycles. The lowest BCUT2D eigenvalue weighted by atomic mass is 10.3. The first-order valence-electron chi connectivity index (χ1n) is 6.36. The number of imidazole rings is 1. The number of aryl methyl sites for hydroxylation is 1. The predicted octanol–water partition coefficient (Wildman–Crippen LogP) is 0.345. The molecular weight excluding hydrogens is 252 g/mol.